The van der Waals surface area contributed by atoms with Crippen LogP contribution in [-0.4, -0.2) is 36.2 Å². The zero-order valence-electron chi connectivity index (χ0n) is 21.2. The number of Topliss-reactive ketones (excluding diaryl/α,β-unsaturated/α-hetero) is 1. The van der Waals surface area contributed by atoms with Gasteiger partial charge in [-0.2, -0.15) is 5.10 Å². The molecule has 1 heterocycles. The van der Waals surface area contributed by atoms with Gasteiger partial charge in [0, 0.05) is 5.56 Å². The molecule has 4 aromatic carbocycles. The predicted octanol–water partition coefficient (Wildman–Crippen LogP) is 3.32. The Morgan fingerprint density at radius 3 is 1.61 bits per heavy atom. The summed E-state index contributed by atoms with van der Waals surface area (Å²) in [4.78, 5) is 26.4. The number of carbonyl (C=O) groups is 2. The van der Waals surface area contributed by atoms with Crippen LogP contribution in [0.1, 0.15) is 27.8 Å². The monoisotopic (exact) mass is 516 g/mol. The van der Waals surface area contributed by atoms with E-state index in [9.17, 15) is 9.59 Å². The van der Waals surface area contributed by atoms with E-state index in [1.165, 1.54) is 4.68 Å². The smallest absolute Gasteiger partial charge is 0.356 e. The quantitative estimate of drug-likeness (QED) is 0.131. The maximum absolute atomic E-state index is 13.2. The molecule has 38 heavy (non-hydrogen) atoms. The standard InChI is InChI=1S/C32H28N2O3Si/c1-2-37-32(36)29-23-31(33-34(29)24-30(35)25-15-7-3-8-16-25)38(26-17-9-4-10-18-26,27-19-11-5-12-20-27)28-21-13-6-14-22-28/h3-23H,2,24H2,1H3. The van der Waals surface area contributed by atoms with Gasteiger partial charge in [0.2, 0.25) is 8.07 Å². The summed E-state index contributed by atoms with van der Waals surface area (Å²) < 4.78 is 6.92. The minimum Gasteiger partial charge on any atom is -0.461 e. The van der Waals surface area contributed by atoms with Gasteiger partial charge in [0.15, 0.2) is 5.78 Å². The first-order valence-corrected chi connectivity index (χ1v) is 14.6. The second kappa shape index (κ2) is 11.2. The number of hydrogen-bond donors (Lipinski definition) is 0. The second-order valence-corrected chi connectivity index (χ2v) is 12.7. The lowest BCUT2D eigenvalue weighted by Gasteiger charge is -2.32. The summed E-state index contributed by atoms with van der Waals surface area (Å²) in [6.45, 7) is 1.93. The summed E-state index contributed by atoms with van der Waals surface area (Å²) in [5.74, 6) is -0.624. The van der Waals surface area contributed by atoms with E-state index in [1.54, 1.807) is 19.1 Å². The molecular formula is C32H28N2O3Si. The molecule has 5 rings (SSSR count). The lowest BCUT2D eigenvalue weighted by molar-refractivity contribution is 0.0512. The van der Waals surface area contributed by atoms with Gasteiger partial charge in [-0.15, -0.1) is 0 Å². The van der Waals surface area contributed by atoms with Crippen molar-refractivity contribution in [3.05, 3.63) is 139 Å². The van der Waals surface area contributed by atoms with Crippen LogP contribution in [0.5, 0.6) is 0 Å². The third-order valence-electron chi connectivity index (χ3n) is 6.66. The summed E-state index contributed by atoms with van der Waals surface area (Å²) in [6.07, 6.45) is 0. The zero-order chi connectivity index (χ0) is 26.4. The van der Waals surface area contributed by atoms with Crippen LogP contribution < -0.4 is 20.9 Å². The maximum Gasteiger partial charge on any atom is 0.356 e. The molecule has 1 aromatic heterocycles. The Morgan fingerprint density at radius 1 is 0.711 bits per heavy atom. The molecule has 0 spiro atoms. The minimum absolute atomic E-state index is 0.0684. The molecule has 188 valence electrons. The van der Waals surface area contributed by atoms with E-state index in [4.69, 9.17) is 9.84 Å². The summed E-state index contributed by atoms with van der Waals surface area (Å²) in [6, 6.07) is 41.9. The SMILES string of the molecule is CCOC(=O)c1cc([Si](c2ccccc2)(c2ccccc2)c2ccccc2)nn1CC(=O)c1ccccc1. The van der Waals surface area contributed by atoms with Crippen LogP contribution in [0.3, 0.4) is 0 Å². The lowest BCUT2D eigenvalue weighted by atomic mass is 10.1. The van der Waals surface area contributed by atoms with Crippen molar-refractivity contribution in [3.8, 4) is 0 Å². The molecule has 0 saturated carbocycles. The molecule has 0 aliphatic heterocycles. The van der Waals surface area contributed by atoms with E-state index >= 15 is 0 Å². The fourth-order valence-corrected chi connectivity index (χ4v) is 9.54. The molecule has 6 heteroatoms. The number of rotatable bonds is 9. The van der Waals surface area contributed by atoms with Crippen molar-refractivity contribution >= 4 is 40.7 Å². The summed E-state index contributed by atoms with van der Waals surface area (Å²) >= 11 is 0. The van der Waals surface area contributed by atoms with Crippen molar-refractivity contribution in [1.82, 2.24) is 9.78 Å². The predicted molar refractivity (Wildman–Crippen MR) is 153 cm³/mol. The normalized spacial score (nSPS) is 11.2. The highest BCUT2D eigenvalue weighted by Gasteiger charge is 2.44. The van der Waals surface area contributed by atoms with Crippen molar-refractivity contribution in [2.24, 2.45) is 0 Å². The van der Waals surface area contributed by atoms with E-state index in [-0.39, 0.29) is 24.6 Å². The fraction of sp³-hybridized carbons (Fsp3) is 0.0938. The molecule has 0 aliphatic rings. The van der Waals surface area contributed by atoms with E-state index in [2.05, 4.69) is 36.4 Å². The fourth-order valence-electron chi connectivity index (χ4n) is 4.95. The molecule has 0 atom stereocenters. The van der Waals surface area contributed by atoms with Gasteiger partial charge in [0.1, 0.15) is 12.2 Å². The lowest BCUT2D eigenvalue weighted by Crippen LogP contribution is -2.75. The van der Waals surface area contributed by atoms with Crippen LogP contribution >= 0.6 is 0 Å². The number of ether oxygens (including phenoxy) is 1. The van der Waals surface area contributed by atoms with Crippen LogP contribution in [0.15, 0.2) is 127 Å². The Balaban J connectivity index is 1.77. The van der Waals surface area contributed by atoms with Crippen LogP contribution in [0.25, 0.3) is 0 Å². The molecule has 0 unspecified atom stereocenters. The number of esters is 1. The first-order chi connectivity index (χ1) is 18.6. The van der Waals surface area contributed by atoms with E-state index in [1.807, 2.05) is 78.9 Å². The van der Waals surface area contributed by atoms with Gasteiger partial charge in [0.05, 0.1) is 11.9 Å². The van der Waals surface area contributed by atoms with Gasteiger partial charge in [-0.05, 0) is 28.6 Å². The molecule has 5 nitrogen and oxygen atoms in total. The Kier molecular flexibility index (Phi) is 7.42. The van der Waals surface area contributed by atoms with Crippen LogP contribution in [-0.2, 0) is 11.3 Å². The number of carbonyl (C=O) groups excluding carboxylic acids is 2. The van der Waals surface area contributed by atoms with Crippen LogP contribution in [0, 0.1) is 0 Å². The third-order valence-corrected chi connectivity index (χ3v) is 11.3. The summed E-state index contributed by atoms with van der Waals surface area (Å²) in [7, 11) is -2.96. The van der Waals surface area contributed by atoms with Crippen molar-refractivity contribution in [2.45, 2.75) is 13.5 Å². The summed E-state index contributed by atoms with van der Waals surface area (Å²) in [5.41, 5.74) is 0.836. The second-order valence-electron chi connectivity index (χ2n) is 8.93. The highest BCUT2D eigenvalue weighted by Crippen LogP contribution is 2.12. The molecule has 5 aromatic rings. The average Bonchev–Trinajstić information content (AvgIpc) is 3.39. The van der Waals surface area contributed by atoms with Crippen LogP contribution in [0.4, 0.5) is 0 Å². The highest BCUT2D eigenvalue weighted by molar-refractivity contribution is 7.19. The molecule has 0 aliphatic carbocycles. The van der Waals surface area contributed by atoms with Crippen molar-refractivity contribution in [1.29, 1.82) is 0 Å². The zero-order valence-corrected chi connectivity index (χ0v) is 22.2. The average molecular weight is 517 g/mol. The minimum atomic E-state index is -2.96. The van der Waals surface area contributed by atoms with Gasteiger partial charge < -0.3 is 4.74 Å². The number of aromatic nitrogens is 2. The molecule has 0 amide bonds. The Bertz CT molecular complexity index is 1420. The third kappa shape index (κ3) is 4.74. The van der Waals surface area contributed by atoms with E-state index in [0.717, 1.165) is 20.9 Å². The van der Waals surface area contributed by atoms with Crippen molar-refractivity contribution < 1.29 is 14.3 Å². The molecule has 0 bridgehead atoms. The number of nitrogens with zero attached hydrogens (tertiary/aromatic N) is 2. The van der Waals surface area contributed by atoms with Crippen molar-refractivity contribution in [3.63, 3.8) is 0 Å². The van der Waals surface area contributed by atoms with Gasteiger partial charge in [-0.25, -0.2) is 4.79 Å². The van der Waals surface area contributed by atoms with Gasteiger partial charge in [0.25, 0.3) is 0 Å². The van der Waals surface area contributed by atoms with Gasteiger partial charge in [-0.1, -0.05) is 121 Å². The molecule has 0 N–H and O–H groups in total. The molecule has 0 fully saturated rings. The topological polar surface area (TPSA) is 61.2 Å². The molecule has 0 saturated heterocycles. The Morgan fingerprint density at radius 2 is 1.16 bits per heavy atom. The first-order valence-electron chi connectivity index (χ1n) is 12.6. The van der Waals surface area contributed by atoms with E-state index < -0.39 is 14.0 Å². The first kappa shape index (κ1) is 25.1. The highest BCUT2D eigenvalue weighted by atomic mass is 28.3. The Hall–Kier alpha value is -4.55. The Labute approximate surface area is 223 Å². The van der Waals surface area contributed by atoms with E-state index in [0.29, 0.717) is 5.56 Å². The number of benzene rings is 4. The van der Waals surface area contributed by atoms with Gasteiger partial charge >= 0.3 is 5.97 Å². The van der Waals surface area contributed by atoms with Crippen LogP contribution in [0.2, 0.25) is 0 Å². The van der Waals surface area contributed by atoms with Crippen molar-refractivity contribution in [2.75, 3.05) is 6.61 Å². The summed E-state index contributed by atoms with van der Waals surface area (Å²) in [5, 5.41) is 9.20. The maximum atomic E-state index is 13.2. The molecule has 0 radical (unpaired) electrons. The number of ketones is 1. The largest absolute Gasteiger partial charge is 0.461 e. The van der Waals surface area contributed by atoms with Gasteiger partial charge in [-0.3, -0.25) is 9.48 Å². The number of hydrogen-bond acceptors (Lipinski definition) is 4. The molecular weight excluding hydrogens is 488 g/mol.